The van der Waals surface area contributed by atoms with Crippen molar-refractivity contribution in [2.45, 2.75) is 4.90 Å². The number of hydrogen-bond donors (Lipinski definition) is 1. The maximum atomic E-state index is 11.8. The fourth-order valence-electron chi connectivity index (χ4n) is 1.02. The largest absolute Gasteiger partial charge is 0.363 e. The summed E-state index contributed by atoms with van der Waals surface area (Å²) in [6, 6.07) is 2.76. The zero-order chi connectivity index (χ0) is 11.6. The molecule has 16 heavy (non-hydrogen) atoms. The second-order valence-electron chi connectivity index (χ2n) is 2.80. The van der Waals surface area contributed by atoms with E-state index in [4.69, 9.17) is 11.6 Å². The highest BCUT2D eigenvalue weighted by Gasteiger charge is 2.18. The Morgan fingerprint density at radius 1 is 1.38 bits per heavy atom. The molecule has 8 heteroatoms. The number of pyridine rings is 1. The van der Waals surface area contributed by atoms with E-state index in [2.05, 4.69) is 19.4 Å². The first-order chi connectivity index (χ1) is 7.59. The molecule has 0 saturated heterocycles. The Balaban J connectivity index is 2.37. The van der Waals surface area contributed by atoms with E-state index in [1.807, 2.05) is 0 Å². The molecule has 0 aromatic carbocycles. The molecule has 0 aliphatic carbocycles. The lowest BCUT2D eigenvalue weighted by atomic mass is 10.5. The molecule has 2 heterocycles. The zero-order valence-corrected chi connectivity index (χ0v) is 9.36. The van der Waals surface area contributed by atoms with E-state index in [0.717, 1.165) is 6.20 Å². The fourth-order valence-corrected chi connectivity index (χ4v) is 2.44. The standard InChI is InChI=1S/C8H6ClN3O3S/c9-6-1-3-10-5-7(6)16(13,14)12-8-2-4-15-11-8/h1-5H,(H,11,12). The van der Waals surface area contributed by atoms with Crippen molar-refractivity contribution >= 4 is 27.4 Å². The monoisotopic (exact) mass is 259 g/mol. The Labute approximate surface area is 96.3 Å². The van der Waals surface area contributed by atoms with Crippen molar-refractivity contribution in [3.05, 3.63) is 35.8 Å². The fraction of sp³-hybridized carbons (Fsp3) is 0. The Bertz CT molecular complexity index is 582. The molecule has 1 N–H and O–H groups in total. The molecule has 2 aromatic rings. The summed E-state index contributed by atoms with van der Waals surface area (Å²) in [6.45, 7) is 0. The van der Waals surface area contributed by atoms with Gasteiger partial charge >= 0.3 is 0 Å². The molecule has 6 nitrogen and oxygen atoms in total. The van der Waals surface area contributed by atoms with Crippen LogP contribution in [0, 0.1) is 0 Å². The van der Waals surface area contributed by atoms with Crippen molar-refractivity contribution in [2.75, 3.05) is 4.72 Å². The third kappa shape index (κ3) is 2.15. The lowest BCUT2D eigenvalue weighted by Gasteiger charge is -2.05. The summed E-state index contributed by atoms with van der Waals surface area (Å²) < 4.78 is 30.3. The summed E-state index contributed by atoms with van der Waals surface area (Å²) in [7, 11) is -3.78. The van der Waals surface area contributed by atoms with Crippen LogP contribution in [0.2, 0.25) is 5.02 Å². The zero-order valence-electron chi connectivity index (χ0n) is 7.79. The Hall–Kier alpha value is -1.60. The number of anilines is 1. The lowest BCUT2D eigenvalue weighted by molar-refractivity contribution is 0.423. The van der Waals surface area contributed by atoms with Gasteiger partial charge < -0.3 is 4.52 Å². The van der Waals surface area contributed by atoms with Crippen molar-refractivity contribution in [1.29, 1.82) is 0 Å². The number of hydrogen-bond acceptors (Lipinski definition) is 5. The van der Waals surface area contributed by atoms with Crippen LogP contribution in [0.15, 0.2) is 40.2 Å². The lowest BCUT2D eigenvalue weighted by Crippen LogP contribution is -2.13. The highest BCUT2D eigenvalue weighted by atomic mass is 35.5. The molecule has 0 spiro atoms. The maximum Gasteiger partial charge on any atom is 0.266 e. The first kappa shape index (κ1) is 10.9. The van der Waals surface area contributed by atoms with Gasteiger partial charge in [-0.3, -0.25) is 9.71 Å². The van der Waals surface area contributed by atoms with Crippen LogP contribution in [0.3, 0.4) is 0 Å². The van der Waals surface area contributed by atoms with Gasteiger partial charge in [0.1, 0.15) is 11.2 Å². The third-order valence-electron chi connectivity index (χ3n) is 1.70. The molecule has 2 aromatic heterocycles. The van der Waals surface area contributed by atoms with Gasteiger partial charge in [0.2, 0.25) is 0 Å². The van der Waals surface area contributed by atoms with Crippen molar-refractivity contribution in [3.8, 4) is 0 Å². The molecule has 0 atom stereocenters. The second kappa shape index (κ2) is 4.11. The van der Waals surface area contributed by atoms with E-state index < -0.39 is 10.0 Å². The number of nitrogens with zero attached hydrogens (tertiary/aromatic N) is 2. The van der Waals surface area contributed by atoms with Crippen LogP contribution >= 0.6 is 11.6 Å². The molecule has 0 amide bonds. The average molecular weight is 260 g/mol. The quantitative estimate of drug-likeness (QED) is 0.903. The predicted molar refractivity (Wildman–Crippen MR) is 56.6 cm³/mol. The number of halogens is 1. The summed E-state index contributed by atoms with van der Waals surface area (Å²) in [5, 5.41) is 3.52. The van der Waals surface area contributed by atoms with Gasteiger partial charge in [-0.25, -0.2) is 8.42 Å². The van der Waals surface area contributed by atoms with Gasteiger partial charge in [-0.05, 0) is 6.07 Å². The minimum Gasteiger partial charge on any atom is -0.363 e. The van der Waals surface area contributed by atoms with Gasteiger partial charge in [0.05, 0.1) is 5.02 Å². The van der Waals surface area contributed by atoms with Crippen molar-refractivity contribution in [3.63, 3.8) is 0 Å². The van der Waals surface area contributed by atoms with Crippen LogP contribution in [-0.4, -0.2) is 18.6 Å². The molecule has 0 unspecified atom stereocenters. The van der Waals surface area contributed by atoms with E-state index in [1.54, 1.807) is 0 Å². The first-order valence-electron chi connectivity index (χ1n) is 4.12. The Morgan fingerprint density at radius 3 is 2.81 bits per heavy atom. The van der Waals surface area contributed by atoms with Gasteiger partial charge in [-0.15, -0.1) is 0 Å². The third-order valence-corrected chi connectivity index (χ3v) is 3.52. The number of sulfonamides is 1. The molecule has 2 rings (SSSR count). The molecule has 0 aliphatic rings. The normalized spacial score (nSPS) is 11.3. The highest BCUT2D eigenvalue weighted by Crippen LogP contribution is 2.21. The van der Waals surface area contributed by atoms with Gasteiger partial charge in [-0.2, -0.15) is 0 Å². The highest BCUT2D eigenvalue weighted by molar-refractivity contribution is 7.92. The molecular formula is C8H6ClN3O3S. The summed E-state index contributed by atoms with van der Waals surface area (Å²) >= 11 is 5.75. The summed E-state index contributed by atoms with van der Waals surface area (Å²) in [6.07, 6.45) is 3.81. The minimum absolute atomic E-state index is 0.0833. The van der Waals surface area contributed by atoms with Crippen LogP contribution in [-0.2, 0) is 10.0 Å². The van der Waals surface area contributed by atoms with Crippen LogP contribution < -0.4 is 4.72 Å². The molecular weight excluding hydrogens is 254 g/mol. The molecule has 0 fully saturated rings. The van der Waals surface area contributed by atoms with E-state index in [9.17, 15) is 8.42 Å². The SMILES string of the molecule is O=S(=O)(Nc1ccon1)c1cnccc1Cl. The number of rotatable bonds is 3. The predicted octanol–water partition coefficient (Wildman–Crippen LogP) is 1.52. The van der Waals surface area contributed by atoms with Crippen molar-refractivity contribution < 1.29 is 12.9 Å². The second-order valence-corrected chi connectivity index (χ2v) is 4.85. The maximum absolute atomic E-state index is 11.8. The van der Waals surface area contributed by atoms with Gasteiger partial charge in [0.15, 0.2) is 5.82 Å². The Morgan fingerprint density at radius 2 is 2.19 bits per heavy atom. The van der Waals surface area contributed by atoms with Crippen LogP contribution in [0.4, 0.5) is 5.82 Å². The van der Waals surface area contributed by atoms with Gasteiger partial charge in [0, 0.05) is 18.5 Å². The summed E-state index contributed by atoms with van der Waals surface area (Å²) in [5.41, 5.74) is 0. The van der Waals surface area contributed by atoms with E-state index in [1.165, 1.54) is 24.6 Å². The average Bonchev–Trinajstić information content (AvgIpc) is 2.70. The molecule has 0 saturated carbocycles. The molecule has 0 aliphatic heterocycles. The smallest absolute Gasteiger partial charge is 0.266 e. The Kier molecular flexibility index (Phi) is 2.80. The molecule has 0 bridgehead atoms. The van der Waals surface area contributed by atoms with E-state index >= 15 is 0 Å². The van der Waals surface area contributed by atoms with Crippen molar-refractivity contribution in [1.82, 2.24) is 10.1 Å². The van der Waals surface area contributed by atoms with Crippen LogP contribution in [0.5, 0.6) is 0 Å². The molecule has 84 valence electrons. The van der Waals surface area contributed by atoms with Crippen LogP contribution in [0.25, 0.3) is 0 Å². The van der Waals surface area contributed by atoms with Crippen LogP contribution in [0.1, 0.15) is 0 Å². The van der Waals surface area contributed by atoms with Crippen molar-refractivity contribution in [2.24, 2.45) is 0 Å². The number of nitrogens with one attached hydrogen (secondary N) is 1. The molecule has 0 radical (unpaired) electrons. The minimum atomic E-state index is -3.78. The topological polar surface area (TPSA) is 85.1 Å². The van der Waals surface area contributed by atoms with Gasteiger partial charge in [-0.1, -0.05) is 16.8 Å². The number of aromatic nitrogens is 2. The van der Waals surface area contributed by atoms with E-state index in [0.29, 0.717) is 0 Å². The summed E-state index contributed by atoms with van der Waals surface area (Å²) in [5.74, 6) is 0.0833. The first-order valence-corrected chi connectivity index (χ1v) is 5.98. The van der Waals surface area contributed by atoms with Gasteiger partial charge in [0.25, 0.3) is 10.0 Å². The summed E-state index contributed by atoms with van der Waals surface area (Å²) in [4.78, 5) is 3.58. The van der Waals surface area contributed by atoms with E-state index in [-0.39, 0.29) is 15.7 Å².